The summed E-state index contributed by atoms with van der Waals surface area (Å²) in [6.07, 6.45) is 0.849. The van der Waals surface area contributed by atoms with Crippen LogP contribution in [0, 0.1) is 0 Å². The van der Waals surface area contributed by atoms with Gasteiger partial charge in [-0.15, -0.1) is 0 Å². The molecule has 1 fully saturated rings. The van der Waals surface area contributed by atoms with Crippen LogP contribution in [0.5, 0.6) is 0 Å². The molecular weight excluding hydrogens is 302 g/mol. The van der Waals surface area contributed by atoms with Crippen LogP contribution in [0.1, 0.15) is 37.8 Å². The first-order valence-corrected chi connectivity index (χ1v) is 8.79. The van der Waals surface area contributed by atoms with E-state index in [-0.39, 0.29) is 11.8 Å². The molecule has 0 aromatic heterocycles. The molecule has 1 heterocycles. The lowest BCUT2D eigenvalue weighted by molar-refractivity contribution is -0.131. The SMILES string of the molecule is CC(=O)N1CCN(CC(=O)NCCc2ccc(C(C)C)cc2)CC1. The lowest BCUT2D eigenvalue weighted by Gasteiger charge is -2.33. The van der Waals surface area contributed by atoms with Crippen molar-refractivity contribution in [2.45, 2.75) is 33.1 Å². The molecule has 0 spiro atoms. The highest BCUT2D eigenvalue weighted by molar-refractivity contribution is 5.78. The first kappa shape index (κ1) is 18.5. The van der Waals surface area contributed by atoms with Gasteiger partial charge in [0.05, 0.1) is 6.54 Å². The fourth-order valence-corrected chi connectivity index (χ4v) is 2.90. The zero-order valence-corrected chi connectivity index (χ0v) is 15.0. The molecule has 0 unspecified atom stereocenters. The van der Waals surface area contributed by atoms with Crippen LogP contribution >= 0.6 is 0 Å². The third-order valence-electron chi connectivity index (χ3n) is 4.57. The van der Waals surface area contributed by atoms with Crippen molar-refractivity contribution < 1.29 is 9.59 Å². The van der Waals surface area contributed by atoms with E-state index in [0.717, 1.165) is 19.5 Å². The van der Waals surface area contributed by atoms with Crippen molar-refractivity contribution in [1.29, 1.82) is 0 Å². The van der Waals surface area contributed by atoms with Crippen molar-refractivity contribution >= 4 is 11.8 Å². The molecule has 2 rings (SSSR count). The summed E-state index contributed by atoms with van der Waals surface area (Å²) < 4.78 is 0. The van der Waals surface area contributed by atoms with Crippen LogP contribution in [0.4, 0.5) is 0 Å². The number of hydrogen-bond donors (Lipinski definition) is 1. The van der Waals surface area contributed by atoms with Crippen LogP contribution in [0.2, 0.25) is 0 Å². The molecule has 1 aliphatic heterocycles. The second-order valence-electron chi connectivity index (χ2n) is 6.78. The summed E-state index contributed by atoms with van der Waals surface area (Å²) in [6, 6.07) is 8.61. The first-order valence-electron chi connectivity index (χ1n) is 8.79. The molecule has 0 atom stereocenters. The summed E-state index contributed by atoms with van der Waals surface area (Å²) in [6.45, 7) is 10.0. The minimum Gasteiger partial charge on any atom is -0.355 e. The first-order chi connectivity index (χ1) is 11.5. The largest absolute Gasteiger partial charge is 0.355 e. The van der Waals surface area contributed by atoms with E-state index in [1.165, 1.54) is 11.1 Å². The van der Waals surface area contributed by atoms with Gasteiger partial charge in [-0.05, 0) is 23.5 Å². The number of carbonyl (C=O) groups is 2. The fraction of sp³-hybridized carbons (Fsp3) is 0.579. The Morgan fingerprint density at radius 2 is 1.71 bits per heavy atom. The molecule has 1 N–H and O–H groups in total. The number of nitrogens with one attached hydrogen (secondary N) is 1. The van der Waals surface area contributed by atoms with Gasteiger partial charge >= 0.3 is 0 Å². The van der Waals surface area contributed by atoms with E-state index in [4.69, 9.17) is 0 Å². The number of carbonyl (C=O) groups excluding carboxylic acids is 2. The van der Waals surface area contributed by atoms with E-state index in [1.54, 1.807) is 6.92 Å². The fourth-order valence-electron chi connectivity index (χ4n) is 2.90. The van der Waals surface area contributed by atoms with Crippen molar-refractivity contribution in [1.82, 2.24) is 15.1 Å². The molecule has 1 aliphatic rings. The van der Waals surface area contributed by atoms with Crippen molar-refractivity contribution in [3.63, 3.8) is 0 Å². The van der Waals surface area contributed by atoms with Gasteiger partial charge < -0.3 is 10.2 Å². The molecule has 0 saturated carbocycles. The van der Waals surface area contributed by atoms with Crippen LogP contribution in [0.15, 0.2) is 24.3 Å². The normalized spacial score (nSPS) is 15.6. The predicted molar refractivity (Wildman–Crippen MR) is 95.9 cm³/mol. The Morgan fingerprint density at radius 1 is 1.08 bits per heavy atom. The standard InChI is InChI=1S/C19H29N3O2/c1-15(2)18-6-4-17(5-7-18)8-9-20-19(24)14-21-10-12-22(13-11-21)16(3)23/h4-7,15H,8-14H2,1-3H3,(H,20,24). The van der Waals surface area contributed by atoms with Gasteiger partial charge in [-0.2, -0.15) is 0 Å². The number of benzene rings is 1. The molecule has 0 bridgehead atoms. The Hall–Kier alpha value is -1.88. The summed E-state index contributed by atoms with van der Waals surface area (Å²) >= 11 is 0. The number of piperazine rings is 1. The van der Waals surface area contributed by atoms with Crippen LogP contribution in [-0.4, -0.2) is 60.9 Å². The van der Waals surface area contributed by atoms with Crippen LogP contribution in [-0.2, 0) is 16.0 Å². The number of hydrogen-bond acceptors (Lipinski definition) is 3. The smallest absolute Gasteiger partial charge is 0.234 e. The Bertz CT molecular complexity index is 546. The Balaban J connectivity index is 1.66. The second-order valence-corrected chi connectivity index (χ2v) is 6.78. The summed E-state index contributed by atoms with van der Waals surface area (Å²) in [5.41, 5.74) is 2.59. The number of amides is 2. The highest BCUT2D eigenvalue weighted by Gasteiger charge is 2.19. The van der Waals surface area contributed by atoms with E-state index >= 15 is 0 Å². The minimum absolute atomic E-state index is 0.0603. The number of rotatable bonds is 6. The summed E-state index contributed by atoms with van der Waals surface area (Å²) in [7, 11) is 0. The summed E-state index contributed by atoms with van der Waals surface area (Å²) in [4.78, 5) is 27.2. The van der Waals surface area contributed by atoms with Gasteiger partial charge in [0.15, 0.2) is 0 Å². The van der Waals surface area contributed by atoms with Gasteiger partial charge in [-0.1, -0.05) is 38.1 Å². The lowest BCUT2D eigenvalue weighted by Crippen LogP contribution is -2.50. The minimum atomic E-state index is 0.0603. The molecule has 2 amide bonds. The molecule has 24 heavy (non-hydrogen) atoms. The van der Waals surface area contributed by atoms with Crippen molar-refractivity contribution in [2.75, 3.05) is 39.3 Å². The average molecular weight is 331 g/mol. The maximum atomic E-state index is 12.0. The van der Waals surface area contributed by atoms with E-state index in [1.807, 2.05) is 4.90 Å². The van der Waals surface area contributed by atoms with E-state index in [0.29, 0.717) is 32.1 Å². The molecule has 1 aromatic carbocycles. The quantitative estimate of drug-likeness (QED) is 0.862. The van der Waals surface area contributed by atoms with Gasteiger partial charge in [0.2, 0.25) is 11.8 Å². The van der Waals surface area contributed by atoms with Gasteiger partial charge in [-0.25, -0.2) is 0 Å². The highest BCUT2D eigenvalue weighted by Crippen LogP contribution is 2.14. The molecule has 0 radical (unpaired) electrons. The zero-order valence-electron chi connectivity index (χ0n) is 15.0. The van der Waals surface area contributed by atoms with Crippen LogP contribution in [0.25, 0.3) is 0 Å². The molecule has 0 aliphatic carbocycles. The van der Waals surface area contributed by atoms with Gasteiger partial charge in [-0.3, -0.25) is 14.5 Å². The summed E-state index contributed by atoms with van der Waals surface area (Å²) in [5, 5.41) is 2.99. The lowest BCUT2D eigenvalue weighted by atomic mass is 10.0. The van der Waals surface area contributed by atoms with Crippen molar-refractivity contribution in [2.24, 2.45) is 0 Å². The topological polar surface area (TPSA) is 52.7 Å². The van der Waals surface area contributed by atoms with Crippen molar-refractivity contribution in [3.05, 3.63) is 35.4 Å². The molecule has 1 aromatic rings. The highest BCUT2D eigenvalue weighted by atomic mass is 16.2. The summed E-state index contributed by atoms with van der Waals surface area (Å²) in [5.74, 6) is 0.717. The maximum absolute atomic E-state index is 12.0. The Morgan fingerprint density at radius 3 is 2.25 bits per heavy atom. The molecule has 132 valence electrons. The predicted octanol–water partition coefficient (Wildman–Crippen LogP) is 1.63. The molecular formula is C19H29N3O2. The van der Waals surface area contributed by atoms with Crippen molar-refractivity contribution in [3.8, 4) is 0 Å². The van der Waals surface area contributed by atoms with Gasteiger partial charge in [0, 0.05) is 39.6 Å². The number of nitrogens with zero attached hydrogens (tertiary/aromatic N) is 2. The monoisotopic (exact) mass is 331 g/mol. The average Bonchev–Trinajstić information content (AvgIpc) is 2.55. The Labute approximate surface area is 145 Å². The third-order valence-corrected chi connectivity index (χ3v) is 4.57. The van der Waals surface area contributed by atoms with Crippen LogP contribution in [0.3, 0.4) is 0 Å². The zero-order chi connectivity index (χ0) is 17.5. The molecule has 5 nitrogen and oxygen atoms in total. The van der Waals surface area contributed by atoms with E-state index in [9.17, 15) is 9.59 Å². The van der Waals surface area contributed by atoms with Crippen LogP contribution < -0.4 is 5.32 Å². The third kappa shape index (κ3) is 5.64. The van der Waals surface area contributed by atoms with E-state index < -0.39 is 0 Å². The Kier molecular flexibility index (Phi) is 6.79. The van der Waals surface area contributed by atoms with Gasteiger partial charge in [0.25, 0.3) is 0 Å². The van der Waals surface area contributed by atoms with E-state index in [2.05, 4.69) is 48.3 Å². The molecule has 5 heteroatoms. The maximum Gasteiger partial charge on any atom is 0.234 e. The second kappa shape index (κ2) is 8.83. The molecule has 1 saturated heterocycles. The van der Waals surface area contributed by atoms with Gasteiger partial charge in [0.1, 0.15) is 0 Å².